The molecule has 0 fully saturated rings. The molecule has 1 aromatic carbocycles. The van der Waals surface area contributed by atoms with Crippen LogP contribution in [0, 0.1) is 0 Å². The summed E-state index contributed by atoms with van der Waals surface area (Å²) in [7, 11) is 0. The quantitative estimate of drug-likeness (QED) is 0.732. The molecule has 1 unspecified atom stereocenters. The van der Waals surface area contributed by atoms with E-state index in [1.807, 2.05) is 27.7 Å². The first kappa shape index (κ1) is 13.5. The molecule has 0 spiro atoms. The Morgan fingerprint density at radius 3 is 2.79 bits per heavy atom. The van der Waals surface area contributed by atoms with Crippen molar-refractivity contribution in [3.8, 4) is 5.75 Å². The molecule has 0 radical (unpaired) electrons. The van der Waals surface area contributed by atoms with Gasteiger partial charge in [-0.3, -0.25) is 4.90 Å². The summed E-state index contributed by atoms with van der Waals surface area (Å²) in [6.07, 6.45) is -0.460. The first-order chi connectivity index (χ1) is 8.76. The number of benzene rings is 1. The maximum absolute atomic E-state index is 12.2. The summed E-state index contributed by atoms with van der Waals surface area (Å²) < 4.78 is 11.1. The highest BCUT2D eigenvalue weighted by atomic mass is 16.6. The molecule has 5 heteroatoms. The number of nitrogen functional groups attached to an aromatic ring is 1. The zero-order chi connectivity index (χ0) is 14.2. The molecule has 1 aliphatic rings. The molecule has 0 saturated heterocycles. The molecule has 0 saturated carbocycles. The van der Waals surface area contributed by atoms with Gasteiger partial charge >= 0.3 is 6.09 Å². The summed E-state index contributed by atoms with van der Waals surface area (Å²) in [5, 5.41) is 0. The standard InChI is InChI=1S/C14H20N2O3/c1-9-8-16(13(17)19-14(2,3)4)11-7-10(15)5-6-12(11)18-9/h5-7,9H,8,15H2,1-4H3. The van der Waals surface area contributed by atoms with Gasteiger partial charge in [0.2, 0.25) is 0 Å². The van der Waals surface area contributed by atoms with E-state index in [1.165, 1.54) is 0 Å². The number of nitrogens with zero attached hydrogens (tertiary/aromatic N) is 1. The number of hydrogen-bond donors (Lipinski definition) is 1. The third kappa shape index (κ3) is 3.10. The zero-order valence-electron chi connectivity index (χ0n) is 11.8. The molecule has 1 aromatic rings. The van der Waals surface area contributed by atoms with Crippen molar-refractivity contribution in [2.45, 2.75) is 39.4 Å². The first-order valence-electron chi connectivity index (χ1n) is 6.33. The van der Waals surface area contributed by atoms with E-state index in [4.69, 9.17) is 15.2 Å². The lowest BCUT2D eigenvalue weighted by atomic mass is 10.2. The number of anilines is 2. The maximum atomic E-state index is 12.2. The van der Waals surface area contributed by atoms with Gasteiger partial charge in [0.15, 0.2) is 0 Å². The lowest BCUT2D eigenvalue weighted by Gasteiger charge is -2.34. The summed E-state index contributed by atoms with van der Waals surface area (Å²) in [5.41, 5.74) is 6.49. The minimum Gasteiger partial charge on any atom is -0.487 e. The van der Waals surface area contributed by atoms with Crippen LogP contribution in [0.5, 0.6) is 5.75 Å². The van der Waals surface area contributed by atoms with Crippen LogP contribution in [-0.4, -0.2) is 24.3 Å². The molecule has 0 aliphatic carbocycles. The van der Waals surface area contributed by atoms with Crippen molar-refractivity contribution in [2.75, 3.05) is 17.2 Å². The van der Waals surface area contributed by atoms with Crippen molar-refractivity contribution >= 4 is 17.5 Å². The number of amides is 1. The Kier molecular flexibility index (Phi) is 3.30. The van der Waals surface area contributed by atoms with Crippen LogP contribution in [0.4, 0.5) is 16.2 Å². The number of fused-ring (bicyclic) bond motifs is 1. The summed E-state index contributed by atoms with van der Waals surface area (Å²) >= 11 is 0. The van der Waals surface area contributed by atoms with Crippen molar-refractivity contribution in [3.05, 3.63) is 18.2 Å². The molecule has 2 N–H and O–H groups in total. The van der Waals surface area contributed by atoms with Gasteiger partial charge in [0.1, 0.15) is 17.5 Å². The maximum Gasteiger partial charge on any atom is 0.415 e. The van der Waals surface area contributed by atoms with Crippen molar-refractivity contribution in [2.24, 2.45) is 0 Å². The molecule has 0 aromatic heterocycles. The molecule has 1 aliphatic heterocycles. The Balaban J connectivity index is 2.32. The Morgan fingerprint density at radius 1 is 1.47 bits per heavy atom. The van der Waals surface area contributed by atoms with Crippen molar-refractivity contribution in [3.63, 3.8) is 0 Å². The number of hydrogen-bond acceptors (Lipinski definition) is 4. The SMILES string of the molecule is CC1CN(C(=O)OC(C)(C)C)c2cc(N)ccc2O1. The molecule has 0 bridgehead atoms. The van der Waals surface area contributed by atoms with Crippen molar-refractivity contribution < 1.29 is 14.3 Å². The average Bonchev–Trinajstić information content (AvgIpc) is 2.26. The summed E-state index contributed by atoms with van der Waals surface area (Å²) in [4.78, 5) is 13.8. The van der Waals surface area contributed by atoms with Crippen LogP contribution in [0.1, 0.15) is 27.7 Å². The second kappa shape index (κ2) is 4.64. The van der Waals surface area contributed by atoms with Crippen LogP contribution in [0.2, 0.25) is 0 Å². The van der Waals surface area contributed by atoms with E-state index in [1.54, 1.807) is 23.1 Å². The molecule has 2 rings (SSSR count). The fraction of sp³-hybridized carbons (Fsp3) is 0.500. The van der Waals surface area contributed by atoms with E-state index >= 15 is 0 Å². The van der Waals surface area contributed by atoms with Gasteiger partial charge in [0.25, 0.3) is 0 Å². The fourth-order valence-corrected chi connectivity index (χ4v) is 1.94. The molecular formula is C14H20N2O3. The van der Waals surface area contributed by atoms with Gasteiger partial charge in [0.05, 0.1) is 12.2 Å². The van der Waals surface area contributed by atoms with Crippen LogP contribution in [-0.2, 0) is 4.74 Å². The molecule has 19 heavy (non-hydrogen) atoms. The molecule has 1 heterocycles. The number of ether oxygens (including phenoxy) is 2. The number of carbonyl (C=O) groups is 1. The zero-order valence-corrected chi connectivity index (χ0v) is 11.8. The van der Waals surface area contributed by atoms with Crippen LogP contribution in [0.25, 0.3) is 0 Å². The third-order valence-corrected chi connectivity index (χ3v) is 2.66. The predicted molar refractivity (Wildman–Crippen MR) is 74.5 cm³/mol. The van der Waals surface area contributed by atoms with Gasteiger partial charge in [-0.25, -0.2) is 4.79 Å². The number of nitrogens with two attached hydrogens (primary N) is 1. The monoisotopic (exact) mass is 264 g/mol. The van der Waals surface area contributed by atoms with Crippen LogP contribution < -0.4 is 15.4 Å². The normalized spacial score (nSPS) is 18.5. The van der Waals surface area contributed by atoms with Gasteiger partial charge in [-0.05, 0) is 45.9 Å². The van der Waals surface area contributed by atoms with E-state index in [9.17, 15) is 4.79 Å². The minimum absolute atomic E-state index is 0.0800. The molecular weight excluding hydrogens is 244 g/mol. The first-order valence-corrected chi connectivity index (χ1v) is 6.33. The van der Waals surface area contributed by atoms with E-state index in [-0.39, 0.29) is 12.2 Å². The Hall–Kier alpha value is -1.91. The van der Waals surface area contributed by atoms with Crippen LogP contribution in [0.15, 0.2) is 18.2 Å². The van der Waals surface area contributed by atoms with E-state index in [2.05, 4.69) is 0 Å². The number of rotatable bonds is 0. The van der Waals surface area contributed by atoms with Gasteiger partial charge in [0, 0.05) is 5.69 Å². The van der Waals surface area contributed by atoms with E-state index < -0.39 is 5.60 Å². The smallest absolute Gasteiger partial charge is 0.415 e. The average molecular weight is 264 g/mol. The van der Waals surface area contributed by atoms with Crippen LogP contribution in [0.3, 0.4) is 0 Å². The van der Waals surface area contributed by atoms with Crippen LogP contribution >= 0.6 is 0 Å². The highest BCUT2D eigenvalue weighted by Gasteiger charge is 2.31. The molecule has 104 valence electrons. The fourth-order valence-electron chi connectivity index (χ4n) is 1.94. The second-order valence-corrected chi connectivity index (χ2v) is 5.75. The highest BCUT2D eigenvalue weighted by Crippen LogP contribution is 2.35. The van der Waals surface area contributed by atoms with E-state index in [0.29, 0.717) is 23.7 Å². The topological polar surface area (TPSA) is 64.8 Å². The lowest BCUT2D eigenvalue weighted by molar-refractivity contribution is 0.0552. The minimum atomic E-state index is -0.529. The second-order valence-electron chi connectivity index (χ2n) is 5.75. The highest BCUT2D eigenvalue weighted by molar-refractivity contribution is 5.91. The van der Waals surface area contributed by atoms with Gasteiger partial charge in [-0.2, -0.15) is 0 Å². The summed E-state index contributed by atoms with van der Waals surface area (Å²) in [5.74, 6) is 0.652. The van der Waals surface area contributed by atoms with Crippen molar-refractivity contribution in [1.29, 1.82) is 0 Å². The molecule has 1 atom stereocenters. The van der Waals surface area contributed by atoms with Crippen molar-refractivity contribution in [1.82, 2.24) is 0 Å². The Labute approximate surface area is 113 Å². The van der Waals surface area contributed by atoms with Gasteiger partial charge < -0.3 is 15.2 Å². The largest absolute Gasteiger partial charge is 0.487 e. The molecule has 1 amide bonds. The third-order valence-electron chi connectivity index (χ3n) is 2.66. The lowest BCUT2D eigenvalue weighted by Crippen LogP contribution is -2.44. The molecule has 5 nitrogen and oxygen atoms in total. The summed E-state index contributed by atoms with van der Waals surface area (Å²) in [6, 6.07) is 5.26. The Morgan fingerprint density at radius 2 is 2.16 bits per heavy atom. The predicted octanol–water partition coefficient (Wildman–Crippen LogP) is 2.79. The van der Waals surface area contributed by atoms with Gasteiger partial charge in [-0.1, -0.05) is 0 Å². The van der Waals surface area contributed by atoms with Gasteiger partial charge in [-0.15, -0.1) is 0 Å². The summed E-state index contributed by atoms with van der Waals surface area (Å²) in [6.45, 7) is 7.89. The Bertz CT molecular complexity index is 494. The van der Waals surface area contributed by atoms with E-state index in [0.717, 1.165) is 0 Å². The number of carbonyl (C=O) groups excluding carboxylic acids is 1.